The average molecular weight is 372 g/mol. The van der Waals surface area contributed by atoms with Crippen LogP contribution in [0.15, 0.2) is 42.5 Å². The Morgan fingerprint density at radius 2 is 1.96 bits per heavy atom. The zero-order valence-corrected chi connectivity index (χ0v) is 15.9. The normalized spacial score (nSPS) is 17.0. The summed E-state index contributed by atoms with van der Waals surface area (Å²) in [5.74, 6) is -0.176. The summed E-state index contributed by atoms with van der Waals surface area (Å²) < 4.78 is 5.68. The van der Waals surface area contributed by atoms with Gasteiger partial charge in [-0.15, -0.1) is 0 Å². The van der Waals surface area contributed by atoms with Gasteiger partial charge in [0.15, 0.2) is 0 Å². The Bertz CT molecular complexity index is 847. The molecule has 2 aromatic carbocycles. The second-order valence-corrected chi connectivity index (χ2v) is 7.38. The third-order valence-corrected chi connectivity index (χ3v) is 4.92. The zero-order chi connectivity index (χ0) is 18.8. The molecule has 0 unspecified atom stereocenters. The SMILES string of the molecule is Cc1ccc(C(C)C)c(OC(=O)[C@H]2CC(=O)N(c3ccccc3Cl)C2)c1. The van der Waals surface area contributed by atoms with Crippen LogP contribution in [0.3, 0.4) is 0 Å². The number of carbonyl (C=O) groups is 2. The highest BCUT2D eigenvalue weighted by molar-refractivity contribution is 6.33. The standard InChI is InChI=1S/C21H22ClNO3/c1-13(2)16-9-8-14(3)10-19(16)26-21(25)15-11-20(24)23(12-15)18-7-5-4-6-17(18)22/h4-10,13,15H,11-12H2,1-3H3/t15-/m0/s1. The topological polar surface area (TPSA) is 46.6 Å². The number of hydrogen-bond donors (Lipinski definition) is 0. The van der Waals surface area contributed by atoms with Gasteiger partial charge in [0, 0.05) is 13.0 Å². The number of halogens is 1. The van der Waals surface area contributed by atoms with Crippen molar-refractivity contribution in [1.29, 1.82) is 0 Å². The maximum absolute atomic E-state index is 12.7. The van der Waals surface area contributed by atoms with Crippen LogP contribution < -0.4 is 9.64 Å². The molecule has 1 saturated heterocycles. The molecule has 0 aromatic heterocycles. The van der Waals surface area contributed by atoms with Crippen molar-refractivity contribution in [3.8, 4) is 5.75 Å². The fraction of sp³-hybridized carbons (Fsp3) is 0.333. The number of carbonyl (C=O) groups excluding carboxylic acids is 2. The average Bonchev–Trinajstić information content (AvgIpc) is 2.97. The lowest BCUT2D eigenvalue weighted by molar-refractivity contribution is -0.139. The summed E-state index contributed by atoms with van der Waals surface area (Å²) in [4.78, 5) is 26.6. The van der Waals surface area contributed by atoms with E-state index in [1.165, 1.54) is 0 Å². The van der Waals surface area contributed by atoms with Crippen LogP contribution in [-0.2, 0) is 9.59 Å². The van der Waals surface area contributed by atoms with E-state index in [2.05, 4.69) is 13.8 Å². The number of anilines is 1. The van der Waals surface area contributed by atoms with Gasteiger partial charge in [-0.3, -0.25) is 9.59 Å². The van der Waals surface area contributed by atoms with E-state index >= 15 is 0 Å². The Labute approximate surface area is 158 Å². The number of esters is 1. The highest BCUT2D eigenvalue weighted by Gasteiger charge is 2.37. The minimum absolute atomic E-state index is 0.117. The van der Waals surface area contributed by atoms with Gasteiger partial charge in [0.1, 0.15) is 5.75 Å². The second kappa shape index (κ2) is 7.50. The van der Waals surface area contributed by atoms with Crippen LogP contribution in [0.5, 0.6) is 5.75 Å². The Balaban J connectivity index is 1.77. The van der Waals surface area contributed by atoms with Crippen LogP contribution in [-0.4, -0.2) is 18.4 Å². The summed E-state index contributed by atoms with van der Waals surface area (Å²) in [7, 11) is 0. The van der Waals surface area contributed by atoms with Crippen LogP contribution in [0.2, 0.25) is 5.02 Å². The van der Waals surface area contributed by atoms with Gasteiger partial charge < -0.3 is 9.64 Å². The van der Waals surface area contributed by atoms with Gasteiger partial charge in [0.05, 0.1) is 16.6 Å². The number of aryl methyl sites for hydroxylation is 1. The highest BCUT2D eigenvalue weighted by atomic mass is 35.5. The zero-order valence-electron chi connectivity index (χ0n) is 15.2. The molecule has 1 fully saturated rings. The summed E-state index contributed by atoms with van der Waals surface area (Å²) in [5.41, 5.74) is 2.64. The van der Waals surface area contributed by atoms with Crippen LogP contribution in [0.4, 0.5) is 5.69 Å². The molecule has 0 radical (unpaired) electrons. The number of hydrogen-bond acceptors (Lipinski definition) is 3. The van der Waals surface area contributed by atoms with Crippen molar-refractivity contribution in [3.05, 3.63) is 58.6 Å². The molecule has 136 valence electrons. The maximum Gasteiger partial charge on any atom is 0.316 e. The van der Waals surface area contributed by atoms with E-state index in [4.69, 9.17) is 16.3 Å². The first kappa shape index (κ1) is 18.5. The van der Waals surface area contributed by atoms with E-state index in [0.717, 1.165) is 11.1 Å². The van der Waals surface area contributed by atoms with Gasteiger partial charge in [-0.05, 0) is 42.2 Å². The van der Waals surface area contributed by atoms with Gasteiger partial charge in [-0.2, -0.15) is 0 Å². The lowest BCUT2D eigenvalue weighted by atomic mass is 10.0. The lowest BCUT2D eigenvalue weighted by Gasteiger charge is -2.18. The van der Waals surface area contributed by atoms with Crippen LogP contribution in [0.25, 0.3) is 0 Å². The first-order chi connectivity index (χ1) is 12.4. The first-order valence-corrected chi connectivity index (χ1v) is 9.11. The summed E-state index contributed by atoms with van der Waals surface area (Å²) in [5, 5.41) is 0.496. The summed E-state index contributed by atoms with van der Waals surface area (Å²) in [6.45, 7) is 6.35. The molecule has 3 rings (SSSR count). The third kappa shape index (κ3) is 3.75. The van der Waals surface area contributed by atoms with E-state index in [0.29, 0.717) is 16.5 Å². The van der Waals surface area contributed by atoms with Crippen LogP contribution in [0.1, 0.15) is 37.3 Å². The van der Waals surface area contributed by atoms with Gasteiger partial charge >= 0.3 is 5.97 Å². The Morgan fingerprint density at radius 3 is 2.65 bits per heavy atom. The number of rotatable bonds is 4. The third-order valence-electron chi connectivity index (χ3n) is 4.60. The molecule has 4 nitrogen and oxygen atoms in total. The highest BCUT2D eigenvalue weighted by Crippen LogP contribution is 2.33. The molecule has 0 aliphatic carbocycles. The fourth-order valence-electron chi connectivity index (χ4n) is 3.17. The Hall–Kier alpha value is -2.33. The Kier molecular flexibility index (Phi) is 5.33. The quantitative estimate of drug-likeness (QED) is 0.576. The lowest BCUT2D eigenvalue weighted by Crippen LogP contribution is -2.27. The molecule has 1 aliphatic rings. The fourth-order valence-corrected chi connectivity index (χ4v) is 3.41. The predicted molar refractivity (Wildman–Crippen MR) is 103 cm³/mol. The smallest absolute Gasteiger partial charge is 0.316 e. The van der Waals surface area contributed by atoms with Crippen molar-refractivity contribution in [3.63, 3.8) is 0 Å². The Morgan fingerprint density at radius 1 is 1.23 bits per heavy atom. The molecule has 1 heterocycles. The van der Waals surface area contributed by atoms with E-state index < -0.39 is 5.92 Å². The minimum Gasteiger partial charge on any atom is -0.426 e. The number of benzene rings is 2. The molecular formula is C21H22ClNO3. The van der Waals surface area contributed by atoms with E-state index in [1.54, 1.807) is 17.0 Å². The number of para-hydroxylation sites is 1. The minimum atomic E-state index is -0.501. The summed E-state index contributed by atoms with van der Waals surface area (Å²) >= 11 is 6.19. The van der Waals surface area contributed by atoms with Gasteiger partial charge in [-0.25, -0.2) is 0 Å². The van der Waals surface area contributed by atoms with Crippen molar-refractivity contribution < 1.29 is 14.3 Å². The molecule has 1 atom stereocenters. The van der Waals surface area contributed by atoms with Gasteiger partial charge in [0.25, 0.3) is 0 Å². The molecule has 2 aromatic rings. The molecule has 0 saturated carbocycles. The number of amides is 1. The molecule has 0 spiro atoms. The number of nitrogens with zero attached hydrogens (tertiary/aromatic N) is 1. The molecule has 0 N–H and O–H groups in total. The molecule has 0 bridgehead atoms. The van der Waals surface area contributed by atoms with E-state index in [1.807, 2.05) is 37.3 Å². The second-order valence-electron chi connectivity index (χ2n) is 6.97. The van der Waals surface area contributed by atoms with Crippen LogP contribution in [0, 0.1) is 12.8 Å². The molecule has 26 heavy (non-hydrogen) atoms. The number of ether oxygens (including phenoxy) is 1. The van der Waals surface area contributed by atoms with Gasteiger partial charge in [0.2, 0.25) is 5.91 Å². The molecule has 5 heteroatoms. The van der Waals surface area contributed by atoms with Gasteiger partial charge in [-0.1, -0.05) is 49.7 Å². The van der Waals surface area contributed by atoms with E-state index in [-0.39, 0.29) is 30.8 Å². The van der Waals surface area contributed by atoms with Crippen molar-refractivity contribution in [1.82, 2.24) is 0 Å². The maximum atomic E-state index is 12.7. The predicted octanol–water partition coefficient (Wildman–Crippen LogP) is 4.73. The van der Waals surface area contributed by atoms with E-state index in [9.17, 15) is 9.59 Å². The van der Waals surface area contributed by atoms with Crippen LogP contribution >= 0.6 is 11.6 Å². The summed E-state index contributed by atoms with van der Waals surface area (Å²) in [6, 6.07) is 13.0. The first-order valence-electron chi connectivity index (χ1n) is 8.74. The van der Waals surface area contributed by atoms with Crippen molar-refractivity contribution in [2.75, 3.05) is 11.4 Å². The monoisotopic (exact) mass is 371 g/mol. The van der Waals surface area contributed by atoms with Crippen molar-refractivity contribution in [2.45, 2.75) is 33.1 Å². The summed E-state index contributed by atoms with van der Waals surface area (Å²) in [6.07, 6.45) is 0.132. The molecule has 1 amide bonds. The molecular weight excluding hydrogens is 350 g/mol. The largest absolute Gasteiger partial charge is 0.426 e. The van der Waals surface area contributed by atoms with Crippen molar-refractivity contribution in [2.24, 2.45) is 5.92 Å². The molecule has 1 aliphatic heterocycles. The van der Waals surface area contributed by atoms with Crippen molar-refractivity contribution >= 4 is 29.2 Å².